The van der Waals surface area contributed by atoms with Gasteiger partial charge in [-0.1, -0.05) is 20.8 Å². The molecule has 1 aromatic carbocycles. The Morgan fingerprint density at radius 3 is 2.20 bits per heavy atom. The zero-order valence-corrected chi connectivity index (χ0v) is 22.6. The SMILES string of the molecule is COc1cc2c(cc1OC)C(=O)[C@@H]([C@@H]1[C@@H]([C@@H](C)O[Si](C)(C)C(C)(C)C)C(=O)N1C(=O)C(=O)O)CC2. The third-order valence-corrected chi connectivity index (χ3v) is 12.3. The number of amides is 2. The van der Waals surface area contributed by atoms with Crippen LogP contribution in [-0.4, -0.2) is 68.3 Å². The Kier molecular flexibility index (Phi) is 7.20. The molecule has 1 saturated heterocycles. The molecule has 0 aromatic heterocycles. The van der Waals surface area contributed by atoms with Crippen molar-refractivity contribution in [3.8, 4) is 11.5 Å². The molecule has 0 spiro atoms. The number of carboxylic acids is 1. The molecule has 1 aliphatic heterocycles. The van der Waals surface area contributed by atoms with Crippen LogP contribution >= 0.6 is 0 Å². The lowest BCUT2D eigenvalue weighted by atomic mass is 9.69. The third-order valence-electron chi connectivity index (χ3n) is 7.73. The van der Waals surface area contributed by atoms with Crippen LogP contribution in [0.1, 0.15) is 50.0 Å². The van der Waals surface area contributed by atoms with Crippen LogP contribution in [0.5, 0.6) is 11.5 Å². The van der Waals surface area contributed by atoms with Gasteiger partial charge < -0.3 is 19.0 Å². The van der Waals surface area contributed by atoms with E-state index in [9.17, 15) is 24.3 Å². The Morgan fingerprint density at radius 2 is 1.69 bits per heavy atom. The fraction of sp³-hybridized carbons (Fsp3) is 0.600. The highest BCUT2D eigenvalue weighted by Gasteiger charge is 2.60. The number of Topliss-reactive ketones (excluding diaryl/α,β-unsaturated/α-hetero) is 1. The number of methoxy groups -OCH3 is 2. The maximum Gasteiger partial charge on any atom is 0.395 e. The van der Waals surface area contributed by atoms with Crippen molar-refractivity contribution in [1.82, 2.24) is 4.90 Å². The Balaban J connectivity index is 1.99. The summed E-state index contributed by atoms with van der Waals surface area (Å²) in [5, 5.41) is 9.22. The van der Waals surface area contributed by atoms with E-state index in [-0.39, 0.29) is 10.8 Å². The van der Waals surface area contributed by atoms with E-state index in [2.05, 4.69) is 33.9 Å². The lowest BCUT2D eigenvalue weighted by Crippen LogP contribution is -2.71. The number of β-lactam (4-membered cyclic amide) rings is 1. The minimum absolute atomic E-state index is 0.116. The molecule has 1 aromatic rings. The van der Waals surface area contributed by atoms with E-state index in [4.69, 9.17) is 13.9 Å². The summed E-state index contributed by atoms with van der Waals surface area (Å²) < 4.78 is 17.1. The molecule has 192 valence electrons. The zero-order valence-electron chi connectivity index (χ0n) is 21.6. The average Bonchev–Trinajstić information content (AvgIpc) is 2.76. The number of carbonyl (C=O) groups is 4. The van der Waals surface area contributed by atoms with Gasteiger partial charge in [-0.3, -0.25) is 19.3 Å². The number of nitrogens with zero attached hydrogens (tertiary/aromatic N) is 1. The Labute approximate surface area is 206 Å². The number of hydrogen-bond donors (Lipinski definition) is 1. The molecule has 0 saturated carbocycles. The maximum absolute atomic E-state index is 13.7. The van der Waals surface area contributed by atoms with Gasteiger partial charge in [-0.25, -0.2) is 4.79 Å². The van der Waals surface area contributed by atoms with Gasteiger partial charge in [0.05, 0.1) is 32.3 Å². The second-order valence-electron chi connectivity index (χ2n) is 10.8. The number of hydrogen-bond acceptors (Lipinski definition) is 7. The van der Waals surface area contributed by atoms with Crippen LogP contribution in [0.15, 0.2) is 12.1 Å². The highest BCUT2D eigenvalue weighted by atomic mass is 28.4. The molecule has 1 aliphatic carbocycles. The van der Waals surface area contributed by atoms with Crippen LogP contribution in [0.4, 0.5) is 0 Å². The summed E-state index contributed by atoms with van der Waals surface area (Å²) in [4.78, 5) is 51.5. The number of likely N-dealkylation sites (tertiary alicyclic amines) is 1. The standard InChI is InChI=1S/C25H35NO8Si/c1-13(34-35(7,8)25(2,3)4)19-20(26(22(19)28)23(29)24(30)31)15-10-9-14-11-17(32-5)18(33-6)12-16(14)21(15)27/h11-13,15,19-20H,9-10H2,1-8H3,(H,30,31)/t13-,15-,19-,20-/m1/s1. The number of carbonyl (C=O) groups excluding carboxylic acids is 3. The highest BCUT2D eigenvalue weighted by molar-refractivity contribution is 6.74. The number of benzene rings is 1. The number of ether oxygens (including phenoxy) is 2. The van der Waals surface area contributed by atoms with Crippen LogP contribution in [0.3, 0.4) is 0 Å². The van der Waals surface area contributed by atoms with Crippen LogP contribution in [-0.2, 0) is 25.2 Å². The molecule has 4 atom stereocenters. The molecule has 35 heavy (non-hydrogen) atoms. The van der Waals surface area contributed by atoms with Gasteiger partial charge in [0, 0.05) is 11.5 Å². The molecule has 1 heterocycles. The smallest absolute Gasteiger partial charge is 0.395 e. The van der Waals surface area contributed by atoms with Gasteiger partial charge in [-0.2, -0.15) is 0 Å². The van der Waals surface area contributed by atoms with E-state index in [1.807, 2.05) is 0 Å². The summed E-state index contributed by atoms with van der Waals surface area (Å²) in [5.74, 6) is -4.53. The largest absolute Gasteiger partial charge is 0.493 e. The van der Waals surface area contributed by atoms with Crippen molar-refractivity contribution in [3.63, 3.8) is 0 Å². The first-order chi connectivity index (χ1) is 16.2. The molecular weight excluding hydrogens is 470 g/mol. The molecule has 2 aliphatic rings. The van der Waals surface area contributed by atoms with Crippen LogP contribution in [0.2, 0.25) is 18.1 Å². The van der Waals surface area contributed by atoms with Crippen molar-refractivity contribution in [2.24, 2.45) is 11.8 Å². The maximum atomic E-state index is 13.7. The number of ketones is 1. The van der Waals surface area contributed by atoms with E-state index in [0.29, 0.717) is 29.9 Å². The van der Waals surface area contributed by atoms with Crippen molar-refractivity contribution in [3.05, 3.63) is 23.3 Å². The quantitative estimate of drug-likeness (QED) is 0.355. The van der Waals surface area contributed by atoms with Crippen LogP contribution < -0.4 is 9.47 Å². The summed E-state index contributed by atoms with van der Waals surface area (Å²) in [7, 11) is 0.713. The van der Waals surface area contributed by atoms with E-state index in [1.165, 1.54) is 14.2 Å². The third kappa shape index (κ3) is 4.61. The van der Waals surface area contributed by atoms with Crippen molar-refractivity contribution in [1.29, 1.82) is 0 Å². The second-order valence-corrected chi connectivity index (χ2v) is 15.5. The first-order valence-corrected chi connectivity index (χ1v) is 14.6. The van der Waals surface area contributed by atoms with Crippen molar-refractivity contribution >= 4 is 31.9 Å². The van der Waals surface area contributed by atoms with E-state index in [1.54, 1.807) is 19.1 Å². The molecule has 9 nitrogen and oxygen atoms in total. The van der Waals surface area contributed by atoms with Crippen molar-refractivity contribution in [2.75, 3.05) is 14.2 Å². The Bertz CT molecular complexity index is 1060. The van der Waals surface area contributed by atoms with Gasteiger partial charge >= 0.3 is 11.9 Å². The number of rotatable bonds is 6. The predicted octanol–water partition coefficient (Wildman–Crippen LogP) is 3.30. The summed E-state index contributed by atoms with van der Waals surface area (Å²) in [6.45, 7) is 12.1. The van der Waals surface area contributed by atoms with Gasteiger partial charge in [-0.15, -0.1) is 0 Å². The Morgan fingerprint density at radius 1 is 1.11 bits per heavy atom. The van der Waals surface area contributed by atoms with E-state index < -0.39 is 50.1 Å². The summed E-state index contributed by atoms with van der Waals surface area (Å²) in [6.07, 6.45) is 0.299. The number of fused-ring (bicyclic) bond motifs is 1. The molecule has 1 fully saturated rings. The topological polar surface area (TPSA) is 119 Å². The molecule has 2 amide bonds. The molecule has 0 unspecified atom stereocenters. The molecule has 1 N–H and O–H groups in total. The fourth-order valence-electron chi connectivity index (χ4n) is 4.82. The Hall–Kier alpha value is -2.72. The van der Waals surface area contributed by atoms with Gasteiger partial charge in [0.1, 0.15) is 0 Å². The summed E-state index contributed by atoms with van der Waals surface area (Å²) >= 11 is 0. The monoisotopic (exact) mass is 505 g/mol. The summed E-state index contributed by atoms with van der Waals surface area (Å²) in [5.41, 5.74) is 1.21. The van der Waals surface area contributed by atoms with E-state index >= 15 is 0 Å². The summed E-state index contributed by atoms with van der Waals surface area (Å²) in [6, 6.07) is 2.48. The number of aryl methyl sites for hydroxylation is 1. The van der Waals surface area contributed by atoms with Gasteiger partial charge in [-0.05, 0) is 55.6 Å². The first-order valence-electron chi connectivity index (χ1n) is 11.7. The van der Waals surface area contributed by atoms with Crippen molar-refractivity contribution in [2.45, 2.75) is 70.8 Å². The number of imide groups is 1. The lowest BCUT2D eigenvalue weighted by Gasteiger charge is -2.52. The van der Waals surface area contributed by atoms with Crippen LogP contribution in [0, 0.1) is 11.8 Å². The molecule has 3 rings (SSSR count). The van der Waals surface area contributed by atoms with E-state index in [0.717, 1.165) is 10.5 Å². The predicted molar refractivity (Wildman–Crippen MR) is 130 cm³/mol. The number of aliphatic carboxylic acids is 1. The second kappa shape index (κ2) is 9.38. The van der Waals surface area contributed by atoms with Crippen molar-refractivity contribution < 1.29 is 38.2 Å². The normalized spacial score (nSPS) is 23.3. The highest BCUT2D eigenvalue weighted by Crippen LogP contribution is 2.45. The minimum atomic E-state index is -2.28. The average molecular weight is 506 g/mol. The molecule has 0 bridgehead atoms. The van der Waals surface area contributed by atoms with Gasteiger partial charge in [0.15, 0.2) is 25.6 Å². The van der Waals surface area contributed by atoms with Gasteiger partial charge in [0.2, 0.25) is 5.91 Å². The molecular formula is C25H35NO8Si. The fourth-order valence-corrected chi connectivity index (χ4v) is 6.25. The first kappa shape index (κ1) is 26.9. The molecule has 0 radical (unpaired) electrons. The lowest BCUT2D eigenvalue weighted by molar-refractivity contribution is -0.180. The minimum Gasteiger partial charge on any atom is -0.493 e. The van der Waals surface area contributed by atoms with Gasteiger partial charge in [0.25, 0.3) is 0 Å². The zero-order chi connectivity index (χ0) is 26.5. The number of carboxylic acid groups (broad SMARTS) is 1. The molecule has 10 heteroatoms. The van der Waals surface area contributed by atoms with Crippen LogP contribution in [0.25, 0.3) is 0 Å².